The Labute approximate surface area is 188 Å². The van der Waals surface area contributed by atoms with Gasteiger partial charge >= 0.3 is 5.97 Å². The summed E-state index contributed by atoms with van der Waals surface area (Å²) in [6, 6.07) is 16.8. The molecule has 166 valence electrons. The van der Waals surface area contributed by atoms with Crippen LogP contribution in [0, 0.1) is 20.8 Å². The first-order valence-corrected chi connectivity index (χ1v) is 11.4. The Morgan fingerprint density at radius 2 is 1.59 bits per heavy atom. The number of rotatable bonds is 7. The number of sulfonamides is 1. The zero-order valence-corrected chi connectivity index (χ0v) is 18.9. The first-order valence-electron chi connectivity index (χ1n) is 9.97. The van der Waals surface area contributed by atoms with Crippen LogP contribution in [0.2, 0.25) is 0 Å². The van der Waals surface area contributed by atoms with Crippen molar-refractivity contribution in [2.75, 3.05) is 4.31 Å². The maximum Gasteiger partial charge on any atom is 0.328 e. The van der Waals surface area contributed by atoms with Crippen molar-refractivity contribution >= 4 is 27.8 Å². The molecule has 0 atom stereocenters. The number of nitrogens with zero attached hydrogens (tertiary/aromatic N) is 1. The number of anilines is 1. The molecule has 0 aliphatic carbocycles. The van der Waals surface area contributed by atoms with Gasteiger partial charge in [0.15, 0.2) is 0 Å². The summed E-state index contributed by atoms with van der Waals surface area (Å²) in [6.07, 6.45) is 2.46. The van der Waals surface area contributed by atoms with E-state index in [1.54, 1.807) is 50.2 Å². The number of aromatic hydroxyl groups is 1. The Balaban J connectivity index is 2.12. The van der Waals surface area contributed by atoms with Crippen LogP contribution in [0.25, 0.3) is 6.08 Å². The third kappa shape index (κ3) is 5.18. The van der Waals surface area contributed by atoms with Crippen molar-refractivity contribution < 1.29 is 23.4 Å². The van der Waals surface area contributed by atoms with E-state index in [2.05, 4.69) is 0 Å². The highest BCUT2D eigenvalue weighted by molar-refractivity contribution is 7.92. The van der Waals surface area contributed by atoms with Gasteiger partial charge in [0.25, 0.3) is 10.0 Å². The zero-order valence-electron chi connectivity index (χ0n) is 18.1. The molecule has 0 saturated carbocycles. The van der Waals surface area contributed by atoms with Crippen LogP contribution < -0.4 is 4.31 Å². The third-order valence-electron chi connectivity index (χ3n) is 4.99. The summed E-state index contributed by atoms with van der Waals surface area (Å²) in [6.45, 7) is 5.50. The molecule has 0 radical (unpaired) electrons. The smallest absolute Gasteiger partial charge is 0.328 e. The van der Waals surface area contributed by atoms with Crippen molar-refractivity contribution in [3.8, 4) is 5.75 Å². The second-order valence-electron chi connectivity index (χ2n) is 7.67. The number of phenolic OH excluding ortho intramolecular Hbond substituents is 1. The van der Waals surface area contributed by atoms with Crippen LogP contribution in [0.3, 0.4) is 0 Å². The number of phenols is 1. The minimum atomic E-state index is -3.94. The highest BCUT2D eigenvalue weighted by Gasteiger charge is 2.28. The van der Waals surface area contributed by atoms with Gasteiger partial charge < -0.3 is 10.2 Å². The molecule has 0 fully saturated rings. The normalized spacial score (nSPS) is 11.6. The number of carboxylic acids is 1. The summed E-state index contributed by atoms with van der Waals surface area (Å²) >= 11 is 0. The molecule has 3 rings (SSSR count). The lowest BCUT2D eigenvalue weighted by Gasteiger charge is -2.27. The first-order chi connectivity index (χ1) is 15.1. The summed E-state index contributed by atoms with van der Waals surface area (Å²) < 4.78 is 29.0. The van der Waals surface area contributed by atoms with Crippen LogP contribution in [0.1, 0.15) is 27.8 Å². The molecule has 0 amide bonds. The van der Waals surface area contributed by atoms with Gasteiger partial charge in [0, 0.05) is 6.08 Å². The second kappa shape index (κ2) is 9.28. The van der Waals surface area contributed by atoms with E-state index in [9.17, 15) is 18.3 Å². The van der Waals surface area contributed by atoms with E-state index in [0.717, 1.165) is 11.6 Å². The lowest BCUT2D eigenvalue weighted by molar-refractivity contribution is -0.131. The maximum absolute atomic E-state index is 13.8. The number of aliphatic carboxylic acids is 1. The molecule has 2 N–H and O–H groups in total. The van der Waals surface area contributed by atoms with Crippen LogP contribution in [-0.2, 0) is 21.4 Å². The summed E-state index contributed by atoms with van der Waals surface area (Å²) in [5.74, 6) is -1.01. The van der Waals surface area contributed by atoms with Crippen molar-refractivity contribution in [1.29, 1.82) is 0 Å². The molecule has 0 spiro atoms. The van der Waals surface area contributed by atoms with Gasteiger partial charge in [-0.05, 0) is 73.4 Å². The van der Waals surface area contributed by atoms with Crippen molar-refractivity contribution in [3.05, 3.63) is 94.6 Å². The van der Waals surface area contributed by atoms with Gasteiger partial charge in [-0.15, -0.1) is 0 Å². The molecule has 0 unspecified atom stereocenters. The first kappa shape index (κ1) is 23.1. The maximum atomic E-state index is 13.8. The fourth-order valence-electron chi connectivity index (χ4n) is 3.74. The Hall–Kier alpha value is -3.58. The molecule has 32 heavy (non-hydrogen) atoms. The number of carboxylic acid groups (broad SMARTS) is 1. The second-order valence-corrected chi connectivity index (χ2v) is 9.47. The van der Waals surface area contributed by atoms with Crippen molar-refractivity contribution in [2.24, 2.45) is 0 Å². The largest absolute Gasteiger partial charge is 0.508 e. The SMILES string of the molecule is Cc1cc(C)c(S(=O)(=O)N(Cc2cccc(O)c2)c2ccc(/C=C/C(=O)O)cc2)c(C)c1. The summed E-state index contributed by atoms with van der Waals surface area (Å²) in [5.41, 5.74) is 3.99. The van der Waals surface area contributed by atoms with Crippen LogP contribution >= 0.6 is 0 Å². The van der Waals surface area contributed by atoms with Gasteiger partial charge in [0.2, 0.25) is 0 Å². The van der Waals surface area contributed by atoms with E-state index in [4.69, 9.17) is 5.11 Å². The molecule has 0 heterocycles. The van der Waals surface area contributed by atoms with E-state index >= 15 is 0 Å². The lowest BCUT2D eigenvalue weighted by atomic mass is 10.1. The average molecular weight is 452 g/mol. The van der Waals surface area contributed by atoms with E-state index in [1.165, 1.54) is 22.5 Å². The fraction of sp³-hybridized carbons (Fsp3) is 0.160. The zero-order chi connectivity index (χ0) is 23.5. The highest BCUT2D eigenvalue weighted by Crippen LogP contribution is 2.31. The minimum absolute atomic E-state index is 0.0216. The van der Waals surface area contributed by atoms with Gasteiger partial charge in [0.1, 0.15) is 5.75 Å². The molecular formula is C25H25NO5S. The molecule has 0 aliphatic heterocycles. The van der Waals surface area contributed by atoms with Gasteiger partial charge in [-0.1, -0.05) is 42.0 Å². The quantitative estimate of drug-likeness (QED) is 0.503. The van der Waals surface area contributed by atoms with Crippen LogP contribution in [0.5, 0.6) is 5.75 Å². The number of hydrogen-bond acceptors (Lipinski definition) is 4. The average Bonchev–Trinajstić information content (AvgIpc) is 2.70. The summed E-state index contributed by atoms with van der Waals surface area (Å²) in [4.78, 5) is 11.0. The van der Waals surface area contributed by atoms with Gasteiger partial charge in [-0.3, -0.25) is 4.31 Å². The fourth-order valence-corrected chi connectivity index (χ4v) is 5.61. The third-order valence-corrected chi connectivity index (χ3v) is 7.07. The molecule has 3 aromatic carbocycles. The molecule has 6 nitrogen and oxygen atoms in total. The lowest BCUT2D eigenvalue weighted by Crippen LogP contribution is -2.31. The summed E-state index contributed by atoms with van der Waals surface area (Å²) in [7, 11) is -3.94. The number of carbonyl (C=O) groups is 1. The van der Waals surface area contributed by atoms with E-state index < -0.39 is 16.0 Å². The highest BCUT2D eigenvalue weighted by atomic mass is 32.2. The topological polar surface area (TPSA) is 94.9 Å². The Kier molecular flexibility index (Phi) is 6.69. The van der Waals surface area contributed by atoms with Crippen molar-refractivity contribution in [2.45, 2.75) is 32.2 Å². The standard InChI is InChI=1S/C25H25NO5S/c1-17-13-18(2)25(19(3)14-17)32(30,31)26(16-21-5-4-6-23(27)15-21)22-10-7-20(8-11-22)9-12-24(28)29/h4-15,27H,16H2,1-3H3,(H,28,29)/b12-9+. The van der Waals surface area contributed by atoms with Crippen molar-refractivity contribution in [3.63, 3.8) is 0 Å². The molecule has 0 aliphatic rings. The van der Waals surface area contributed by atoms with Crippen LogP contribution in [0.15, 0.2) is 71.6 Å². The van der Waals surface area contributed by atoms with Gasteiger partial charge in [-0.25, -0.2) is 13.2 Å². The molecular weight excluding hydrogens is 426 g/mol. The molecule has 0 saturated heterocycles. The van der Waals surface area contributed by atoms with Gasteiger partial charge in [-0.2, -0.15) is 0 Å². The van der Waals surface area contributed by atoms with Crippen molar-refractivity contribution in [1.82, 2.24) is 0 Å². The molecule has 0 aromatic heterocycles. The number of hydrogen-bond donors (Lipinski definition) is 2. The predicted octanol–water partition coefficient (Wildman–Crippen LogP) is 4.81. The number of aryl methyl sites for hydroxylation is 3. The van der Waals surface area contributed by atoms with Gasteiger partial charge in [0.05, 0.1) is 17.1 Å². The molecule has 3 aromatic rings. The Bertz CT molecular complexity index is 1250. The van der Waals surface area contributed by atoms with E-state index in [-0.39, 0.29) is 17.2 Å². The molecule has 0 bridgehead atoms. The van der Waals surface area contributed by atoms with E-state index in [1.807, 2.05) is 19.1 Å². The van der Waals surface area contributed by atoms with Crippen LogP contribution in [0.4, 0.5) is 5.69 Å². The van der Waals surface area contributed by atoms with Crippen LogP contribution in [-0.4, -0.2) is 24.6 Å². The predicted molar refractivity (Wildman–Crippen MR) is 125 cm³/mol. The Morgan fingerprint density at radius 3 is 2.16 bits per heavy atom. The summed E-state index contributed by atoms with van der Waals surface area (Å²) in [5, 5.41) is 18.7. The minimum Gasteiger partial charge on any atom is -0.508 e. The Morgan fingerprint density at radius 1 is 0.969 bits per heavy atom. The monoisotopic (exact) mass is 451 g/mol. The number of benzene rings is 3. The van der Waals surface area contributed by atoms with E-state index in [0.29, 0.717) is 27.9 Å². The molecule has 7 heteroatoms.